The molecule has 0 saturated carbocycles. The van der Waals surface area contributed by atoms with Crippen molar-refractivity contribution in [1.29, 1.82) is 0 Å². The standard InChI is InChI=1S/C34H20N6O/c1-3-9-28-23(7-1)24-14-12-22(20-30(24)39(28)31-11-5-6-16-35-31)41-21-13-15-25-26(19-21)33-38-27-8-2-4-10-29(27)40(33)34-32(25)36-17-18-37-34/h1-20H. The van der Waals surface area contributed by atoms with Gasteiger partial charge in [0.2, 0.25) is 0 Å². The van der Waals surface area contributed by atoms with Gasteiger partial charge in [-0.1, -0.05) is 36.4 Å². The first-order valence-corrected chi connectivity index (χ1v) is 13.4. The van der Waals surface area contributed by atoms with E-state index in [-0.39, 0.29) is 0 Å². The predicted molar refractivity (Wildman–Crippen MR) is 162 cm³/mol. The summed E-state index contributed by atoms with van der Waals surface area (Å²) in [5.74, 6) is 2.32. The van der Waals surface area contributed by atoms with Crippen LogP contribution in [-0.2, 0) is 0 Å². The average Bonchev–Trinajstić information content (AvgIpc) is 3.58. The summed E-state index contributed by atoms with van der Waals surface area (Å²) in [5, 5.41) is 4.25. The van der Waals surface area contributed by atoms with Gasteiger partial charge < -0.3 is 4.74 Å². The molecule has 0 radical (unpaired) electrons. The van der Waals surface area contributed by atoms with E-state index in [1.807, 2.05) is 66.9 Å². The summed E-state index contributed by atoms with van der Waals surface area (Å²) in [7, 11) is 0. The molecule has 0 atom stereocenters. The zero-order valence-corrected chi connectivity index (χ0v) is 21.6. The highest BCUT2D eigenvalue weighted by Gasteiger charge is 2.17. The fourth-order valence-corrected chi connectivity index (χ4v) is 5.97. The maximum Gasteiger partial charge on any atom is 0.165 e. The zero-order chi connectivity index (χ0) is 26.9. The van der Waals surface area contributed by atoms with Crippen LogP contribution < -0.4 is 4.74 Å². The van der Waals surface area contributed by atoms with Crippen LogP contribution in [0.15, 0.2) is 122 Å². The van der Waals surface area contributed by atoms with E-state index >= 15 is 0 Å². The van der Waals surface area contributed by atoms with Crippen molar-refractivity contribution < 1.29 is 4.74 Å². The summed E-state index contributed by atoms with van der Waals surface area (Å²) in [6.07, 6.45) is 5.27. The smallest absolute Gasteiger partial charge is 0.165 e. The first-order chi connectivity index (χ1) is 20.3. The molecular formula is C34H20N6O. The van der Waals surface area contributed by atoms with Gasteiger partial charge in [-0.05, 0) is 60.7 Å². The van der Waals surface area contributed by atoms with Crippen molar-refractivity contribution in [3.63, 3.8) is 0 Å². The minimum Gasteiger partial charge on any atom is -0.457 e. The number of hydrogen-bond donors (Lipinski definition) is 0. The predicted octanol–water partition coefficient (Wildman–Crippen LogP) is 7.87. The molecule has 0 aliphatic rings. The molecule has 0 fully saturated rings. The largest absolute Gasteiger partial charge is 0.457 e. The van der Waals surface area contributed by atoms with Crippen molar-refractivity contribution in [2.45, 2.75) is 0 Å². The maximum absolute atomic E-state index is 6.51. The van der Waals surface area contributed by atoms with E-state index in [0.29, 0.717) is 0 Å². The highest BCUT2D eigenvalue weighted by atomic mass is 16.5. The van der Waals surface area contributed by atoms with Crippen LogP contribution in [0.1, 0.15) is 0 Å². The molecule has 5 heterocycles. The lowest BCUT2D eigenvalue weighted by atomic mass is 10.1. The number of imidazole rings is 1. The molecule has 4 aromatic carbocycles. The topological polar surface area (TPSA) is 70.1 Å². The van der Waals surface area contributed by atoms with E-state index in [4.69, 9.17) is 14.7 Å². The Kier molecular flexibility index (Phi) is 4.48. The summed E-state index contributed by atoms with van der Waals surface area (Å²) in [6.45, 7) is 0. The van der Waals surface area contributed by atoms with Crippen molar-refractivity contribution in [3.8, 4) is 17.3 Å². The average molecular weight is 529 g/mol. The Morgan fingerprint density at radius 2 is 1.27 bits per heavy atom. The molecule has 0 N–H and O–H groups in total. The third kappa shape index (κ3) is 3.20. The highest BCUT2D eigenvalue weighted by molar-refractivity contribution is 6.12. The molecule has 9 rings (SSSR count). The van der Waals surface area contributed by atoms with Crippen molar-refractivity contribution in [2.75, 3.05) is 0 Å². The summed E-state index contributed by atoms with van der Waals surface area (Å²) in [4.78, 5) is 19.0. The Morgan fingerprint density at radius 3 is 2.17 bits per heavy atom. The quantitative estimate of drug-likeness (QED) is 0.218. The Labute approximate surface area is 232 Å². The number of pyridine rings is 2. The van der Waals surface area contributed by atoms with Crippen LogP contribution in [0.2, 0.25) is 0 Å². The number of fused-ring (bicyclic) bond motifs is 11. The second kappa shape index (κ2) is 8.34. The SMILES string of the molecule is c1ccc(-n2c3ccccc3c3ccc(Oc4ccc5c(c4)c4nc6ccccc6n4c4nccnc54)cc32)nc1. The molecule has 41 heavy (non-hydrogen) atoms. The fraction of sp³-hybridized carbons (Fsp3) is 0. The van der Waals surface area contributed by atoms with Crippen LogP contribution >= 0.6 is 0 Å². The molecule has 0 saturated heterocycles. The summed E-state index contributed by atoms with van der Waals surface area (Å²) in [5.41, 5.74) is 6.47. The number of rotatable bonds is 3. The van der Waals surface area contributed by atoms with Crippen molar-refractivity contribution in [1.82, 2.24) is 28.9 Å². The van der Waals surface area contributed by atoms with E-state index in [2.05, 4.69) is 61.4 Å². The van der Waals surface area contributed by atoms with Gasteiger partial charge >= 0.3 is 0 Å². The van der Waals surface area contributed by atoms with Crippen molar-refractivity contribution in [3.05, 3.63) is 122 Å². The van der Waals surface area contributed by atoms with E-state index in [1.165, 1.54) is 5.39 Å². The number of benzene rings is 4. The van der Waals surface area contributed by atoms with E-state index in [0.717, 1.165) is 72.4 Å². The zero-order valence-electron chi connectivity index (χ0n) is 21.6. The lowest BCUT2D eigenvalue weighted by molar-refractivity contribution is 0.484. The Hall–Kier alpha value is -5.82. The van der Waals surface area contributed by atoms with Crippen LogP contribution in [0, 0.1) is 0 Å². The number of hydrogen-bond acceptors (Lipinski definition) is 5. The van der Waals surface area contributed by atoms with Gasteiger partial charge in [-0.3, -0.25) is 14.0 Å². The van der Waals surface area contributed by atoms with Gasteiger partial charge in [0.25, 0.3) is 0 Å². The monoisotopic (exact) mass is 528 g/mol. The third-order valence-electron chi connectivity index (χ3n) is 7.70. The fourth-order valence-electron chi connectivity index (χ4n) is 5.97. The first kappa shape index (κ1) is 22.0. The molecule has 7 heteroatoms. The number of ether oxygens (including phenoxy) is 1. The third-order valence-corrected chi connectivity index (χ3v) is 7.70. The molecule has 0 aliphatic heterocycles. The molecule has 0 spiro atoms. The van der Waals surface area contributed by atoms with Crippen LogP contribution in [-0.4, -0.2) is 28.9 Å². The highest BCUT2D eigenvalue weighted by Crippen LogP contribution is 2.37. The van der Waals surface area contributed by atoms with Gasteiger partial charge in [-0.25, -0.2) is 15.0 Å². The van der Waals surface area contributed by atoms with Crippen LogP contribution in [0.3, 0.4) is 0 Å². The van der Waals surface area contributed by atoms with Gasteiger partial charge in [0, 0.05) is 46.2 Å². The molecule has 5 aromatic heterocycles. The van der Waals surface area contributed by atoms with E-state index < -0.39 is 0 Å². The molecule has 9 aromatic rings. The molecule has 0 unspecified atom stereocenters. The van der Waals surface area contributed by atoms with Gasteiger partial charge in [0.05, 0.1) is 22.1 Å². The second-order valence-corrected chi connectivity index (χ2v) is 10.0. The Bertz CT molecular complexity index is 2460. The van der Waals surface area contributed by atoms with Gasteiger partial charge in [0.1, 0.15) is 28.5 Å². The summed E-state index contributed by atoms with van der Waals surface area (Å²) < 4.78 is 10.8. The summed E-state index contributed by atoms with van der Waals surface area (Å²) in [6, 6.07) is 34.8. The lowest BCUT2D eigenvalue weighted by Gasteiger charge is -2.11. The molecule has 0 bridgehead atoms. The maximum atomic E-state index is 6.51. The minimum absolute atomic E-state index is 0.717. The van der Waals surface area contributed by atoms with Crippen molar-refractivity contribution in [2.24, 2.45) is 0 Å². The second-order valence-electron chi connectivity index (χ2n) is 10.0. The number of nitrogens with zero attached hydrogens (tertiary/aromatic N) is 6. The van der Waals surface area contributed by atoms with Crippen LogP contribution in [0.4, 0.5) is 0 Å². The first-order valence-electron chi connectivity index (χ1n) is 13.4. The summed E-state index contributed by atoms with van der Waals surface area (Å²) >= 11 is 0. The van der Waals surface area contributed by atoms with Gasteiger partial charge in [-0.15, -0.1) is 0 Å². The molecular weight excluding hydrogens is 508 g/mol. The van der Waals surface area contributed by atoms with Crippen LogP contribution in [0.5, 0.6) is 11.5 Å². The molecule has 0 aliphatic carbocycles. The van der Waals surface area contributed by atoms with E-state index in [9.17, 15) is 0 Å². The minimum atomic E-state index is 0.717. The number of para-hydroxylation sites is 3. The van der Waals surface area contributed by atoms with E-state index in [1.54, 1.807) is 12.4 Å². The molecule has 0 amide bonds. The number of aromatic nitrogens is 6. The molecule has 192 valence electrons. The normalized spacial score (nSPS) is 11.9. The Balaban J connectivity index is 1.25. The molecule has 7 nitrogen and oxygen atoms in total. The van der Waals surface area contributed by atoms with Crippen LogP contribution in [0.25, 0.3) is 66.2 Å². The van der Waals surface area contributed by atoms with Crippen molar-refractivity contribution >= 4 is 60.4 Å². The van der Waals surface area contributed by atoms with Gasteiger partial charge in [0.15, 0.2) is 5.65 Å². The Morgan fingerprint density at radius 1 is 0.512 bits per heavy atom. The van der Waals surface area contributed by atoms with Gasteiger partial charge in [-0.2, -0.15) is 0 Å². The lowest BCUT2D eigenvalue weighted by Crippen LogP contribution is -1.97.